The normalized spacial score (nSPS) is 16.0. The van der Waals surface area contributed by atoms with E-state index in [2.05, 4.69) is 29.3 Å². The van der Waals surface area contributed by atoms with Crippen LogP contribution in [0.25, 0.3) is 11.1 Å². The van der Waals surface area contributed by atoms with Gasteiger partial charge >= 0.3 is 0 Å². The fourth-order valence-corrected chi connectivity index (χ4v) is 2.55. The van der Waals surface area contributed by atoms with E-state index < -0.39 is 0 Å². The molecule has 1 fully saturated rings. The second-order valence-corrected chi connectivity index (χ2v) is 5.23. The van der Waals surface area contributed by atoms with Crippen LogP contribution in [0, 0.1) is 0 Å². The summed E-state index contributed by atoms with van der Waals surface area (Å²) in [5.41, 5.74) is 3.25. The third kappa shape index (κ3) is 3.63. The summed E-state index contributed by atoms with van der Waals surface area (Å²) in [4.78, 5) is 6.51. The summed E-state index contributed by atoms with van der Waals surface area (Å²) in [6.45, 7) is 3.01. The van der Waals surface area contributed by atoms with Crippen LogP contribution in [0.2, 0.25) is 0 Å². The van der Waals surface area contributed by atoms with E-state index in [-0.39, 0.29) is 0 Å². The first-order chi connectivity index (χ1) is 10.3. The molecule has 2 aromatic rings. The lowest BCUT2D eigenvalue weighted by molar-refractivity contribution is 0.0692. The minimum Gasteiger partial charge on any atom is -0.378 e. The Labute approximate surface area is 129 Å². The molecule has 0 saturated carbocycles. The zero-order chi connectivity index (χ0) is 14.5. The predicted octanol–water partition coefficient (Wildman–Crippen LogP) is 3.91. The van der Waals surface area contributed by atoms with Crippen LogP contribution in [0.3, 0.4) is 0 Å². The van der Waals surface area contributed by atoms with Gasteiger partial charge in [-0.25, -0.2) is 4.99 Å². The zero-order valence-electron chi connectivity index (χ0n) is 11.7. The molecule has 0 amide bonds. The first-order valence-corrected chi connectivity index (χ1v) is 7.43. The van der Waals surface area contributed by atoms with E-state index >= 15 is 0 Å². The van der Waals surface area contributed by atoms with Gasteiger partial charge in [0.2, 0.25) is 0 Å². The number of rotatable bonds is 2. The number of amidine groups is 1. The first kappa shape index (κ1) is 14.1. The van der Waals surface area contributed by atoms with Gasteiger partial charge in [-0.1, -0.05) is 42.5 Å². The molecule has 3 rings (SSSR count). The topological polar surface area (TPSA) is 24.8 Å². The van der Waals surface area contributed by atoms with E-state index in [0.29, 0.717) is 18.5 Å². The maximum Gasteiger partial charge on any atom is 0.199 e. The third-order valence-electron chi connectivity index (χ3n) is 3.47. The molecule has 0 atom stereocenters. The fraction of sp³-hybridized carbons (Fsp3) is 0.235. The quantitative estimate of drug-likeness (QED) is 0.477. The lowest BCUT2D eigenvalue weighted by atomic mass is 10.1. The van der Waals surface area contributed by atoms with E-state index in [0.717, 1.165) is 18.8 Å². The number of benzene rings is 2. The number of halogens is 1. The van der Waals surface area contributed by atoms with Crippen molar-refractivity contribution < 1.29 is 4.74 Å². The maximum atomic E-state index is 6.27. The molecule has 0 unspecified atom stereocenters. The van der Waals surface area contributed by atoms with Crippen LogP contribution < -0.4 is 0 Å². The minimum absolute atomic E-state index is 0.533. The zero-order valence-corrected chi connectivity index (χ0v) is 12.5. The molecule has 0 aliphatic carbocycles. The van der Waals surface area contributed by atoms with E-state index in [1.807, 2.05) is 35.2 Å². The highest BCUT2D eigenvalue weighted by molar-refractivity contribution is 6.64. The highest BCUT2D eigenvalue weighted by atomic mass is 35.5. The second-order valence-electron chi connectivity index (χ2n) is 4.89. The average Bonchev–Trinajstić information content (AvgIpc) is 2.57. The standard InChI is InChI=1S/C17H17ClN2O/c18-17(20-10-12-21-13-11-20)19-16-8-6-15(7-9-16)14-4-2-1-3-5-14/h1-9H,10-13H2. The van der Waals surface area contributed by atoms with Gasteiger partial charge in [-0.05, 0) is 34.9 Å². The van der Waals surface area contributed by atoms with Crippen LogP contribution in [0.5, 0.6) is 0 Å². The van der Waals surface area contributed by atoms with Crippen LogP contribution >= 0.6 is 11.6 Å². The van der Waals surface area contributed by atoms with Crippen molar-refractivity contribution in [2.24, 2.45) is 4.99 Å². The van der Waals surface area contributed by atoms with Crippen LogP contribution in [0.4, 0.5) is 5.69 Å². The molecule has 3 nitrogen and oxygen atoms in total. The number of hydrogen-bond acceptors (Lipinski definition) is 2. The van der Waals surface area contributed by atoms with E-state index in [1.165, 1.54) is 11.1 Å². The number of aliphatic imine (C=N–C) groups is 1. The number of hydrogen-bond donors (Lipinski definition) is 0. The molecule has 0 radical (unpaired) electrons. The summed E-state index contributed by atoms with van der Waals surface area (Å²) < 4.78 is 5.31. The Bertz CT molecular complexity index is 604. The number of morpholine rings is 1. The van der Waals surface area contributed by atoms with Crippen LogP contribution in [0.1, 0.15) is 0 Å². The van der Waals surface area contributed by atoms with Crippen molar-refractivity contribution in [3.8, 4) is 11.1 Å². The van der Waals surface area contributed by atoms with Gasteiger partial charge in [-0.15, -0.1) is 0 Å². The molecule has 0 bridgehead atoms. The first-order valence-electron chi connectivity index (χ1n) is 7.05. The average molecular weight is 301 g/mol. The molecule has 1 heterocycles. The van der Waals surface area contributed by atoms with Crippen molar-refractivity contribution in [2.75, 3.05) is 26.3 Å². The lowest BCUT2D eigenvalue weighted by Gasteiger charge is -2.26. The van der Waals surface area contributed by atoms with E-state index in [4.69, 9.17) is 16.3 Å². The SMILES string of the molecule is ClC(=Nc1ccc(-c2ccccc2)cc1)N1CCOCC1. The number of nitrogens with zero attached hydrogens (tertiary/aromatic N) is 2. The minimum atomic E-state index is 0.533. The highest BCUT2D eigenvalue weighted by Crippen LogP contribution is 2.23. The Balaban J connectivity index is 1.75. The highest BCUT2D eigenvalue weighted by Gasteiger charge is 2.13. The van der Waals surface area contributed by atoms with Crippen LogP contribution in [0.15, 0.2) is 59.6 Å². The van der Waals surface area contributed by atoms with Gasteiger partial charge in [0, 0.05) is 13.1 Å². The third-order valence-corrected chi connectivity index (χ3v) is 3.79. The molecule has 1 aliphatic heterocycles. The van der Waals surface area contributed by atoms with Gasteiger partial charge in [0.1, 0.15) is 0 Å². The van der Waals surface area contributed by atoms with Crippen LogP contribution in [-0.2, 0) is 4.74 Å². The van der Waals surface area contributed by atoms with Crippen LogP contribution in [-0.4, -0.2) is 36.5 Å². The van der Waals surface area contributed by atoms with Crippen molar-refractivity contribution in [3.05, 3.63) is 54.6 Å². The van der Waals surface area contributed by atoms with Gasteiger partial charge in [0.25, 0.3) is 0 Å². The summed E-state index contributed by atoms with van der Waals surface area (Å²) in [5.74, 6) is 0. The monoisotopic (exact) mass is 300 g/mol. The Morgan fingerprint density at radius 1 is 0.905 bits per heavy atom. The number of ether oxygens (including phenoxy) is 1. The molecule has 0 N–H and O–H groups in total. The Kier molecular flexibility index (Phi) is 4.53. The molecule has 2 aromatic carbocycles. The van der Waals surface area contributed by atoms with Gasteiger partial charge in [-0.3, -0.25) is 0 Å². The fourth-order valence-electron chi connectivity index (χ4n) is 2.28. The van der Waals surface area contributed by atoms with Crippen molar-refractivity contribution in [1.82, 2.24) is 4.90 Å². The molecular formula is C17H17ClN2O. The molecule has 0 aromatic heterocycles. The van der Waals surface area contributed by atoms with Crippen molar-refractivity contribution in [3.63, 3.8) is 0 Å². The predicted molar refractivity (Wildman–Crippen MR) is 87.2 cm³/mol. The molecule has 0 spiro atoms. The summed E-state index contributed by atoms with van der Waals surface area (Å²) in [6, 6.07) is 18.4. The molecular weight excluding hydrogens is 284 g/mol. The van der Waals surface area contributed by atoms with Gasteiger partial charge in [0.15, 0.2) is 5.29 Å². The molecule has 4 heteroatoms. The molecule has 1 aliphatic rings. The summed E-state index contributed by atoms with van der Waals surface area (Å²) in [6.07, 6.45) is 0. The Morgan fingerprint density at radius 2 is 1.52 bits per heavy atom. The molecule has 108 valence electrons. The second kappa shape index (κ2) is 6.74. The smallest absolute Gasteiger partial charge is 0.199 e. The Hall–Kier alpha value is -1.84. The van der Waals surface area contributed by atoms with Crippen molar-refractivity contribution >= 4 is 22.6 Å². The molecule has 1 saturated heterocycles. The van der Waals surface area contributed by atoms with E-state index in [9.17, 15) is 0 Å². The van der Waals surface area contributed by atoms with E-state index in [1.54, 1.807) is 0 Å². The van der Waals surface area contributed by atoms with Gasteiger partial charge < -0.3 is 9.64 Å². The molecule has 21 heavy (non-hydrogen) atoms. The van der Waals surface area contributed by atoms with Gasteiger partial charge in [0.05, 0.1) is 18.9 Å². The lowest BCUT2D eigenvalue weighted by Crippen LogP contribution is -2.38. The maximum absolute atomic E-state index is 6.27. The van der Waals surface area contributed by atoms with Crippen molar-refractivity contribution in [1.29, 1.82) is 0 Å². The van der Waals surface area contributed by atoms with Gasteiger partial charge in [-0.2, -0.15) is 0 Å². The largest absolute Gasteiger partial charge is 0.378 e. The summed E-state index contributed by atoms with van der Waals surface area (Å²) >= 11 is 6.27. The summed E-state index contributed by atoms with van der Waals surface area (Å²) in [5, 5.41) is 0.533. The summed E-state index contributed by atoms with van der Waals surface area (Å²) in [7, 11) is 0. The van der Waals surface area contributed by atoms with Crippen molar-refractivity contribution in [2.45, 2.75) is 0 Å². The Morgan fingerprint density at radius 3 is 2.19 bits per heavy atom.